The van der Waals surface area contributed by atoms with Gasteiger partial charge in [-0.15, -0.1) is 11.3 Å². The number of nitrogens with zero attached hydrogens (tertiary/aromatic N) is 5. The fraction of sp³-hybridized carbons (Fsp3) is 0.438. The molecule has 0 radical (unpaired) electrons. The van der Waals surface area contributed by atoms with Crippen molar-refractivity contribution in [3.63, 3.8) is 0 Å². The molecule has 0 atom stereocenters. The highest BCUT2D eigenvalue weighted by atomic mass is 32.2. The molecule has 0 saturated carbocycles. The molecule has 3 aromatic rings. The molecule has 3 rings (SSSR count). The first kappa shape index (κ1) is 18.6. The fourth-order valence-electron chi connectivity index (χ4n) is 2.40. The molecule has 0 aliphatic heterocycles. The molecule has 0 saturated heterocycles. The molecule has 1 amide bonds. The molecule has 0 unspecified atom stereocenters. The second kappa shape index (κ2) is 8.45. The molecule has 3 heterocycles. The highest BCUT2D eigenvalue weighted by Gasteiger charge is 2.13. The van der Waals surface area contributed by atoms with Gasteiger partial charge in [-0.1, -0.05) is 18.7 Å². The van der Waals surface area contributed by atoms with E-state index in [4.69, 9.17) is 0 Å². The van der Waals surface area contributed by atoms with Gasteiger partial charge in [-0.2, -0.15) is 5.10 Å². The Morgan fingerprint density at radius 1 is 1.31 bits per heavy atom. The third-order valence-corrected chi connectivity index (χ3v) is 4.98. The second-order valence-electron chi connectivity index (χ2n) is 5.60. The lowest BCUT2D eigenvalue weighted by Gasteiger charge is -2.08. The van der Waals surface area contributed by atoms with Gasteiger partial charge in [-0.25, -0.2) is 19.6 Å². The topological polar surface area (TPSA) is 97.6 Å². The highest BCUT2D eigenvalue weighted by molar-refractivity contribution is 7.98. The van der Waals surface area contributed by atoms with Gasteiger partial charge in [0.1, 0.15) is 11.5 Å². The number of fused-ring (bicyclic) bond motifs is 1. The maximum atomic E-state index is 12.1. The quantitative estimate of drug-likeness (QED) is 0.450. The molecule has 0 bridgehead atoms. The van der Waals surface area contributed by atoms with E-state index in [1.165, 1.54) is 23.1 Å². The zero-order valence-corrected chi connectivity index (χ0v) is 16.6. The number of anilines is 1. The lowest BCUT2D eigenvalue weighted by atomic mass is 10.3. The Kier molecular flexibility index (Phi) is 6.04. The van der Waals surface area contributed by atoms with Gasteiger partial charge in [0.2, 0.25) is 0 Å². The van der Waals surface area contributed by atoms with Crippen LogP contribution in [0.1, 0.15) is 28.8 Å². The van der Waals surface area contributed by atoms with Crippen LogP contribution < -0.4 is 10.6 Å². The molecular formula is C16H21N7OS2. The normalized spacial score (nSPS) is 11.0. The summed E-state index contributed by atoms with van der Waals surface area (Å²) in [5.41, 5.74) is 1.22. The van der Waals surface area contributed by atoms with Crippen molar-refractivity contribution in [2.45, 2.75) is 32.0 Å². The zero-order valence-electron chi connectivity index (χ0n) is 14.9. The van der Waals surface area contributed by atoms with Crippen LogP contribution in [-0.4, -0.2) is 50.0 Å². The lowest BCUT2D eigenvalue weighted by Crippen LogP contribution is -2.27. The smallest absolute Gasteiger partial charge is 0.270 e. The van der Waals surface area contributed by atoms with E-state index in [1.807, 2.05) is 13.2 Å². The summed E-state index contributed by atoms with van der Waals surface area (Å²) in [6.45, 7) is 5.80. The number of nitrogens with one attached hydrogen (secondary N) is 2. The number of thiazole rings is 1. The Labute approximate surface area is 159 Å². The van der Waals surface area contributed by atoms with Crippen molar-refractivity contribution in [1.29, 1.82) is 0 Å². The molecule has 0 aliphatic carbocycles. The molecular weight excluding hydrogens is 370 g/mol. The van der Waals surface area contributed by atoms with Crippen molar-refractivity contribution in [2.75, 3.05) is 24.7 Å². The van der Waals surface area contributed by atoms with Gasteiger partial charge in [0.05, 0.1) is 23.1 Å². The van der Waals surface area contributed by atoms with E-state index in [0.717, 1.165) is 34.8 Å². The first-order valence-electron chi connectivity index (χ1n) is 8.34. The van der Waals surface area contributed by atoms with E-state index >= 15 is 0 Å². The summed E-state index contributed by atoms with van der Waals surface area (Å²) in [6.07, 6.45) is 4.72. The number of amides is 1. The van der Waals surface area contributed by atoms with Crippen molar-refractivity contribution in [3.05, 3.63) is 22.3 Å². The molecule has 8 nitrogen and oxygen atoms in total. The van der Waals surface area contributed by atoms with Crippen LogP contribution in [0.2, 0.25) is 0 Å². The Morgan fingerprint density at radius 2 is 2.15 bits per heavy atom. The number of hydrogen-bond acceptors (Lipinski definition) is 8. The lowest BCUT2D eigenvalue weighted by molar-refractivity contribution is 0.0947. The first-order chi connectivity index (χ1) is 12.6. The van der Waals surface area contributed by atoms with Gasteiger partial charge in [-0.3, -0.25) is 4.79 Å². The van der Waals surface area contributed by atoms with E-state index in [0.29, 0.717) is 23.9 Å². The SMILES string of the molecule is CCCNc1nc(SC)nc2c1cnn2CCNC(=O)c1csc(C)n1. The van der Waals surface area contributed by atoms with Crippen LogP contribution in [0.3, 0.4) is 0 Å². The summed E-state index contributed by atoms with van der Waals surface area (Å²) in [4.78, 5) is 25.4. The average Bonchev–Trinajstić information content (AvgIpc) is 3.26. The van der Waals surface area contributed by atoms with Gasteiger partial charge >= 0.3 is 0 Å². The van der Waals surface area contributed by atoms with Crippen molar-refractivity contribution in [1.82, 2.24) is 30.0 Å². The number of carbonyl (C=O) groups excluding carboxylic acids is 1. The third-order valence-electron chi connectivity index (χ3n) is 3.66. The zero-order chi connectivity index (χ0) is 18.5. The summed E-state index contributed by atoms with van der Waals surface area (Å²) in [5, 5.41) is 14.8. The van der Waals surface area contributed by atoms with Gasteiger partial charge < -0.3 is 10.6 Å². The molecule has 26 heavy (non-hydrogen) atoms. The first-order valence-corrected chi connectivity index (χ1v) is 10.4. The van der Waals surface area contributed by atoms with Gasteiger partial charge in [-0.05, 0) is 19.6 Å². The number of aromatic nitrogens is 5. The van der Waals surface area contributed by atoms with Crippen LogP contribution in [0.4, 0.5) is 5.82 Å². The molecule has 0 aliphatic rings. The number of thioether (sulfide) groups is 1. The average molecular weight is 392 g/mol. The standard InChI is InChI=1S/C16H21N7OS2/c1-4-5-17-13-11-8-19-23(14(11)22-16(21-13)25-3)7-6-18-15(24)12-9-26-10(2)20-12/h8-9H,4-7H2,1-3H3,(H,18,24)(H,17,21,22). The summed E-state index contributed by atoms with van der Waals surface area (Å²) < 4.78 is 1.79. The maximum absolute atomic E-state index is 12.1. The molecule has 10 heteroatoms. The summed E-state index contributed by atoms with van der Waals surface area (Å²) in [5.74, 6) is 0.630. The van der Waals surface area contributed by atoms with Crippen LogP contribution in [0.5, 0.6) is 0 Å². The number of rotatable bonds is 8. The fourth-order valence-corrected chi connectivity index (χ4v) is 3.36. The minimum Gasteiger partial charge on any atom is -0.369 e. The molecule has 0 spiro atoms. The van der Waals surface area contributed by atoms with Crippen LogP contribution in [0.15, 0.2) is 16.7 Å². The summed E-state index contributed by atoms with van der Waals surface area (Å²) in [7, 11) is 0. The number of hydrogen-bond donors (Lipinski definition) is 2. The van der Waals surface area contributed by atoms with E-state index in [1.54, 1.807) is 16.3 Å². The Balaban J connectivity index is 1.72. The van der Waals surface area contributed by atoms with E-state index < -0.39 is 0 Å². The van der Waals surface area contributed by atoms with Gasteiger partial charge in [0.25, 0.3) is 5.91 Å². The monoisotopic (exact) mass is 391 g/mol. The largest absolute Gasteiger partial charge is 0.369 e. The van der Waals surface area contributed by atoms with E-state index in [-0.39, 0.29) is 5.91 Å². The van der Waals surface area contributed by atoms with Crippen LogP contribution >= 0.6 is 23.1 Å². The number of aryl methyl sites for hydroxylation is 1. The van der Waals surface area contributed by atoms with Crippen molar-refractivity contribution in [3.8, 4) is 0 Å². The van der Waals surface area contributed by atoms with Gasteiger partial charge in [0.15, 0.2) is 10.8 Å². The molecule has 3 aromatic heterocycles. The predicted molar refractivity (Wildman–Crippen MR) is 105 cm³/mol. The van der Waals surface area contributed by atoms with Crippen molar-refractivity contribution >= 4 is 45.9 Å². The summed E-state index contributed by atoms with van der Waals surface area (Å²) >= 11 is 2.95. The second-order valence-corrected chi connectivity index (χ2v) is 7.43. The minimum atomic E-state index is -0.171. The van der Waals surface area contributed by atoms with Crippen LogP contribution in [-0.2, 0) is 6.54 Å². The highest BCUT2D eigenvalue weighted by Crippen LogP contribution is 2.23. The molecule has 0 aromatic carbocycles. The molecule has 2 N–H and O–H groups in total. The Hall–Kier alpha value is -2.20. The maximum Gasteiger partial charge on any atom is 0.270 e. The van der Waals surface area contributed by atoms with Crippen molar-refractivity contribution < 1.29 is 4.79 Å². The van der Waals surface area contributed by atoms with E-state index in [2.05, 4.69) is 37.6 Å². The van der Waals surface area contributed by atoms with E-state index in [9.17, 15) is 4.79 Å². The van der Waals surface area contributed by atoms with Crippen LogP contribution in [0.25, 0.3) is 11.0 Å². The Bertz CT molecular complexity index is 905. The Morgan fingerprint density at radius 3 is 2.85 bits per heavy atom. The molecule has 138 valence electrons. The minimum absolute atomic E-state index is 0.171. The summed E-state index contributed by atoms with van der Waals surface area (Å²) in [6, 6.07) is 0. The third kappa shape index (κ3) is 4.13. The number of carbonyl (C=O) groups is 1. The predicted octanol–water partition coefficient (Wildman–Crippen LogP) is 2.57. The van der Waals surface area contributed by atoms with Crippen LogP contribution in [0, 0.1) is 6.92 Å². The van der Waals surface area contributed by atoms with Crippen molar-refractivity contribution in [2.24, 2.45) is 0 Å². The van der Waals surface area contributed by atoms with Gasteiger partial charge in [0, 0.05) is 18.5 Å². The molecule has 0 fully saturated rings.